The van der Waals surface area contributed by atoms with Crippen LogP contribution in [0.1, 0.15) is 5.56 Å². The lowest BCUT2D eigenvalue weighted by molar-refractivity contribution is -0.116. The van der Waals surface area contributed by atoms with Crippen LogP contribution in [0, 0.1) is 0 Å². The SMILES string of the molecule is CN(CC(N)=O)c1cccc(Cl)c1CN. The zero-order valence-corrected chi connectivity index (χ0v) is 9.29. The molecule has 0 bridgehead atoms. The second-order valence-corrected chi connectivity index (χ2v) is 3.67. The molecule has 0 saturated heterocycles. The van der Waals surface area contributed by atoms with Gasteiger partial charge >= 0.3 is 0 Å². The molecule has 0 spiro atoms. The van der Waals surface area contributed by atoms with E-state index in [2.05, 4.69) is 0 Å². The van der Waals surface area contributed by atoms with Gasteiger partial charge in [0.2, 0.25) is 5.91 Å². The molecule has 0 aliphatic carbocycles. The summed E-state index contributed by atoms with van der Waals surface area (Å²) in [6.45, 7) is 0.478. The maximum absolute atomic E-state index is 10.8. The maximum Gasteiger partial charge on any atom is 0.236 e. The quantitative estimate of drug-likeness (QED) is 0.796. The van der Waals surface area contributed by atoms with Crippen molar-refractivity contribution in [3.63, 3.8) is 0 Å². The van der Waals surface area contributed by atoms with Crippen LogP contribution in [0.3, 0.4) is 0 Å². The van der Waals surface area contributed by atoms with Crippen LogP contribution in [0.2, 0.25) is 5.02 Å². The normalized spacial score (nSPS) is 10.1. The minimum absolute atomic E-state index is 0.146. The van der Waals surface area contributed by atoms with E-state index in [9.17, 15) is 4.79 Å². The summed E-state index contributed by atoms with van der Waals surface area (Å²) in [5, 5.41) is 0.603. The molecule has 0 aliphatic heterocycles. The maximum atomic E-state index is 10.8. The number of nitrogens with two attached hydrogens (primary N) is 2. The Morgan fingerprint density at radius 3 is 2.73 bits per heavy atom. The van der Waals surface area contributed by atoms with Crippen molar-refractivity contribution in [2.75, 3.05) is 18.5 Å². The van der Waals surface area contributed by atoms with Gasteiger partial charge in [-0.05, 0) is 12.1 Å². The summed E-state index contributed by atoms with van der Waals surface area (Å²) < 4.78 is 0. The highest BCUT2D eigenvalue weighted by Gasteiger charge is 2.10. The highest BCUT2D eigenvalue weighted by molar-refractivity contribution is 6.31. The van der Waals surface area contributed by atoms with Gasteiger partial charge in [0, 0.05) is 29.9 Å². The number of primary amides is 1. The predicted octanol–water partition coefficient (Wildman–Crippen LogP) is 0.720. The standard InChI is InChI=1S/C10H14ClN3O/c1-14(6-10(13)15)9-4-2-3-8(11)7(9)5-12/h2-4H,5-6,12H2,1H3,(H2,13,15). The molecule has 1 rings (SSSR count). The van der Waals surface area contributed by atoms with Gasteiger partial charge < -0.3 is 16.4 Å². The van der Waals surface area contributed by atoms with Crippen LogP contribution < -0.4 is 16.4 Å². The van der Waals surface area contributed by atoms with Crippen LogP contribution >= 0.6 is 11.6 Å². The monoisotopic (exact) mass is 227 g/mol. The molecule has 0 radical (unpaired) electrons. The topological polar surface area (TPSA) is 72.3 Å². The Labute approximate surface area is 93.8 Å². The van der Waals surface area contributed by atoms with Gasteiger partial charge in [0.05, 0.1) is 6.54 Å². The van der Waals surface area contributed by atoms with Crippen molar-refractivity contribution in [1.29, 1.82) is 0 Å². The Morgan fingerprint density at radius 1 is 1.53 bits per heavy atom. The van der Waals surface area contributed by atoms with E-state index < -0.39 is 0 Å². The first-order chi connectivity index (χ1) is 7.06. The van der Waals surface area contributed by atoms with Crippen LogP contribution in [-0.4, -0.2) is 19.5 Å². The molecule has 0 aromatic heterocycles. The molecule has 0 unspecified atom stereocenters. The van der Waals surface area contributed by atoms with Crippen molar-refractivity contribution in [3.8, 4) is 0 Å². The molecule has 82 valence electrons. The first-order valence-corrected chi connectivity index (χ1v) is 4.91. The average molecular weight is 228 g/mol. The van der Waals surface area contributed by atoms with Crippen molar-refractivity contribution >= 4 is 23.2 Å². The van der Waals surface area contributed by atoms with Crippen molar-refractivity contribution in [2.24, 2.45) is 11.5 Å². The molecule has 1 aromatic rings. The van der Waals surface area contributed by atoms with E-state index in [1.807, 2.05) is 12.1 Å². The molecule has 0 fully saturated rings. The van der Waals surface area contributed by atoms with Crippen LogP contribution in [0.5, 0.6) is 0 Å². The summed E-state index contributed by atoms with van der Waals surface area (Å²) in [5.74, 6) is -0.388. The number of hydrogen-bond acceptors (Lipinski definition) is 3. The smallest absolute Gasteiger partial charge is 0.236 e. The molecule has 4 nitrogen and oxygen atoms in total. The minimum Gasteiger partial charge on any atom is -0.368 e. The van der Waals surface area contributed by atoms with E-state index in [-0.39, 0.29) is 12.5 Å². The molecule has 0 atom stereocenters. The van der Waals surface area contributed by atoms with Crippen molar-refractivity contribution in [1.82, 2.24) is 0 Å². The van der Waals surface area contributed by atoms with Crippen LogP contribution in [0.25, 0.3) is 0 Å². The molecule has 1 amide bonds. The first-order valence-electron chi connectivity index (χ1n) is 4.53. The third-order valence-corrected chi connectivity index (χ3v) is 2.46. The van der Waals surface area contributed by atoms with E-state index in [0.29, 0.717) is 11.6 Å². The number of amides is 1. The highest BCUT2D eigenvalue weighted by atomic mass is 35.5. The first kappa shape index (κ1) is 11.8. The van der Waals surface area contributed by atoms with Gasteiger partial charge in [-0.15, -0.1) is 0 Å². The summed E-state index contributed by atoms with van der Waals surface area (Å²) in [6.07, 6.45) is 0. The average Bonchev–Trinajstić information content (AvgIpc) is 2.16. The molecule has 0 saturated carbocycles. The summed E-state index contributed by atoms with van der Waals surface area (Å²) in [4.78, 5) is 12.5. The fourth-order valence-corrected chi connectivity index (χ4v) is 1.67. The predicted molar refractivity (Wildman–Crippen MR) is 61.8 cm³/mol. The summed E-state index contributed by atoms with van der Waals surface area (Å²) in [6, 6.07) is 5.44. The van der Waals surface area contributed by atoms with E-state index in [0.717, 1.165) is 11.3 Å². The van der Waals surface area contributed by atoms with Gasteiger partial charge in [-0.25, -0.2) is 0 Å². The number of carbonyl (C=O) groups is 1. The number of halogens is 1. The molecule has 1 aromatic carbocycles. The fourth-order valence-electron chi connectivity index (χ4n) is 1.43. The molecule has 15 heavy (non-hydrogen) atoms. The van der Waals surface area contributed by atoms with E-state index in [1.54, 1.807) is 18.0 Å². The molecule has 0 heterocycles. The number of anilines is 1. The lowest BCUT2D eigenvalue weighted by Gasteiger charge is -2.21. The zero-order valence-electron chi connectivity index (χ0n) is 8.53. The zero-order chi connectivity index (χ0) is 11.4. The lowest BCUT2D eigenvalue weighted by Crippen LogP contribution is -2.31. The van der Waals surface area contributed by atoms with Crippen molar-refractivity contribution in [3.05, 3.63) is 28.8 Å². The second kappa shape index (κ2) is 5.00. The van der Waals surface area contributed by atoms with Crippen LogP contribution in [0.4, 0.5) is 5.69 Å². The molecular formula is C10H14ClN3O. The third kappa shape index (κ3) is 2.84. The van der Waals surface area contributed by atoms with Gasteiger partial charge in [-0.3, -0.25) is 4.79 Å². The van der Waals surface area contributed by atoms with E-state index in [4.69, 9.17) is 23.1 Å². The molecular weight excluding hydrogens is 214 g/mol. The Morgan fingerprint density at radius 2 is 2.20 bits per heavy atom. The number of benzene rings is 1. The third-order valence-electron chi connectivity index (χ3n) is 2.10. The van der Waals surface area contributed by atoms with Gasteiger partial charge in [-0.2, -0.15) is 0 Å². The van der Waals surface area contributed by atoms with Gasteiger partial charge in [0.1, 0.15) is 0 Å². The van der Waals surface area contributed by atoms with Crippen LogP contribution in [-0.2, 0) is 11.3 Å². The summed E-state index contributed by atoms with van der Waals surface area (Å²) in [7, 11) is 1.77. The minimum atomic E-state index is -0.388. The molecule has 5 heteroatoms. The van der Waals surface area contributed by atoms with Gasteiger partial charge in [0.25, 0.3) is 0 Å². The summed E-state index contributed by atoms with van der Waals surface area (Å²) >= 11 is 5.99. The largest absolute Gasteiger partial charge is 0.368 e. The van der Waals surface area contributed by atoms with Gasteiger partial charge in [0.15, 0.2) is 0 Å². The fraction of sp³-hybridized carbons (Fsp3) is 0.300. The Balaban J connectivity index is 3.02. The second-order valence-electron chi connectivity index (χ2n) is 3.26. The molecule has 0 aliphatic rings. The highest BCUT2D eigenvalue weighted by Crippen LogP contribution is 2.26. The summed E-state index contributed by atoms with van der Waals surface area (Å²) in [5.41, 5.74) is 12.4. The number of nitrogens with zero attached hydrogens (tertiary/aromatic N) is 1. The van der Waals surface area contributed by atoms with Gasteiger partial charge in [-0.1, -0.05) is 17.7 Å². The number of carbonyl (C=O) groups excluding carboxylic acids is 1. The lowest BCUT2D eigenvalue weighted by atomic mass is 10.1. The number of hydrogen-bond donors (Lipinski definition) is 2. The Bertz CT molecular complexity index is 368. The van der Waals surface area contributed by atoms with E-state index >= 15 is 0 Å². The van der Waals surface area contributed by atoms with Crippen molar-refractivity contribution in [2.45, 2.75) is 6.54 Å². The Kier molecular flexibility index (Phi) is 3.94. The molecule has 4 N–H and O–H groups in total. The van der Waals surface area contributed by atoms with Crippen molar-refractivity contribution < 1.29 is 4.79 Å². The van der Waals surface area contributed by atoms with Crippen LogP contribution in [0.15, 0.2) is 18.2 Å². The number of likely N-dealkylation sites (N-methyl/N-ethyl adjacent to an activating group) is 1. The Hall–Kier alpha value is -1.26. The number of rotatable bonds is 4. The van der Waals surface area contributed by atoms with E-state index in [1.165, 1.54) is 0 Å².